The molecule has 0 radical (unpaired) electrons. The molecule has 0 aromatic heterocycles. The normalized spacial score (nSPS) is 12.2. The molecule has 0 saturated carbocycles. The molecule has 0 fully saturated rings. The Bertz CT molecular complexity index is 704. The Kier molecular flexibility index (Phi) is 2.48. The number of hydrogen-bond donors (Lipinski definition) is 1. The van der Waals surface area contributed by atoms with Crippen molar-refractivity contribution in [2.24, 2.45) is 0 Å². The van der Waals surface area contributed by atoms with E-state index >= 15 is 0 Å². The van der Waals surface area contributed by atoms with Gasteiger partial charge in [0.25, 0.3) is 0 Å². The van der Waals surface area contributed by atoms with E-state index < -0.39 is 5.97 Å². The zero-order chi connectivity index (χ0) is 12.9. The van der Waals surface area contributed by atoms with Crippen molar-refractivity contribution in [2.45, 2.75) is 0 Å². The Morgan fingerprint density at radius 1 is 1.06 bits per heavy atom. The van der Waals surface area contributed by atoms with Crippen LogP contribution in [0.15, 0.2) is 36.4 Å². The first-order valence-electron chi connectivity index (χ1n) is 5.30. The van der Waals surface area contributed by atoms with E-state index in [1.54, 1.807) is 18.2 Å². The Labute approximate surface area is 117 Å². The second-order valence-corrected chi connectivity index (χ2v) is 5.30. The van der Waals surface area contributed by atoms with Crippen LogP contribution in [0, 0.1) is 3.57 Å². The summed E-state index contributed by atoms with van der Waals surface area (Å²) in [6.07, 6.45) is 0. The molecule has 0 unspecified atom stereocenters. The summed E-state index contributed by atoms with van der Waals surface area (Å²) in [5.41, 5.74) is 2.50. The molecule has 0 heterocycles. The summed E-state index contributed by atoms with van der Waals surface area (Å²) in [6.45, 7) is 0. The number of carbonyl (C=O) groups is 2. The maximum atomic E-state index is 12.3. The van der Waals surface area contributed by atoms with Crippen LogP contribution in [0.25, 0.3) is 11.1 Å². The highest BCUT2D eigenvalue weighted by atomic mass is 127. The number of carboxylic acids is 1. The molecule has 0 atom stereocenters. The summed E-state index contributed by atoms with van der Waals surface area (Å²) >= 11 is 2.14. The van der Waals surface area contributed by atoms with Crippen LogP contribution >= 0.6 is 22.6 Å². The molecule has 2 aromatic carbocycles. The van der Waals surface area contributed by atoms with Gasteiger partial charge in [-0.3, -0.25) is 4.79 Å². The van der Waals surface area contributed by atoms with Crippen molar-refractivity contribution < 1.29 is 14.7 Å². The Hall–Kier alpha value is -1.69. The van der Waals surface area contributed by atoms with Crippen LogP contribution < -0.4 is 0 Å². The summed E-state index contributed by atoms with van der Waals surface area (Å²) in [5.74, 6) is -1.26. The molecule has 88 valence electrons. The summed E-state index contributed by atoms with van der Waals surface area (Å²) in [4.78, 5) is 23.5. The van der Waals surface area contributed by atoms with E-state index in [1.807, 2.05) is 12.1 Å². The number of aromatic carboxylic acids is 1. The third kappa shape index (κ3) is 1.49. The predicted octanol–water partition coefficient (Wildman–Crippen LogP) is 3.20. The number of hydrogen-bond acceptors (Lipinski definition) is 2. The first-order valence-corrected chi connectivity index (χ1v) is 6.38. The average molecular weight is 350 g/mol. The number of ketones is 1. The monoisotopic (exact) mass is 350 g/mol. The number of rotatable bonds is 1. The summed E-state index contributed by atoms with van der Waals surface area (Å²) in [5, 5.41) is 9.15. The highest BCUT2D eigenvalue weighted by Crippen LogP contribution is 2.38. The van der Waals surface area contributed by atoms with Gasteiger partial charge in [0.15, 0.2) is 5.78 Å². The van der Waals surface area contributed by atoms with Gasteiger partial charge in [0, 0.05) is 14.7 Å². The van der Waals surface area contributed by atoms with E-state index in [2.05, 4.69) is 22.6 Å². The van der Waals surface area contributed by atoms with Gasteiger partial charge in [-0.1, -0.05) is 18.2 Å². The van der Waals surface area contributed by atoms with Crippen LogP contribution in [0.4, 0.5) is 0 Å². The molecule has 1 aliphatic rings. The predicted molar refractivity (Wildman–Crippen MR) is 75.0 cm³/mol. The van der Waals surface area contributed by atoms with Crippen LogP contribution in [0.5, 0.6) is 0 Å². The second-order valence-electron chi connectivity index (χ2n) is 4.05. The van der Waals surface area contributed by atoms with Gasteiger partial charge in [0.05, 0.1) is 5.56 Å². The molecule has 3 rings (SSSR count). The Morgan fingerprint density at radius 2 is 1.83 bits per heavy atom. The molecule has 1 N–H and O–H groups in total. The van der Waals surface area contributed by atoms with Crippen molar-refractivity contribution in [1.29, 1.82) is 0 Å². The van der Waals surface area contributed by atoms with Crippen LogP contribution in [-0.4, -0.2) is 16.9 Å². The van der Waals surface area contributed by atoms with Gasteiger partial charge in [0.2, 0.25) is 0 Å². The minimum absolute atomic E-state index is 0.0729. The smallest absolute Gasteiger partial charge is 0.336 e. The standard InChI is InChI=1S/C14H7IO3/c15-7-4-5-8-9-2-1-3-10(14(17)18)12(9)13(16)11(8)6-7/h1-6H,(H,17,18). The minimum atomic E-state index is -1.07. The molecule has 2 aromatic rings. The fourth-order valence-corrected chi connectivity index (χ4v) is 2.76. The van der Waals surface area contributed by atoms with Gasteiger partial charge >= 0.3 is 5.97 Å². The Morgan fingerprint density at radius 3 is 2.56 bits per heavy atom. The van der Waals surface area contributed by atoms with Crippen LogP contribution in [0.2, 0.25) is 0 Å². The maximum absolute atomic E-state index is 12.3. The molecular weight excluding hydrogens is 343 g/mol. The SMILES string of the molecule is O=C(O)c1cccc2c1C(=O)c1cc(I)ccc1-2. The van der Waals surface area contributed by atoms with E-state index in [-0.39, 0.29) is 11.3 Å². The molecule has 18 heavy (non-hydrogen) atoms. The lowest BCUT2D eigenvalue weighted by Crippen LogP contribution is -2.06. The van der Waals surface area contributed by atoms with Crippen molar-refractivity contribution in [3.8, 4) is 11.1 Å². The van der Waals surface area contributed by atoms with Gasteiger partial charge in [-0.25, -0.2) is 4.79 Å². The van der Waals surface area contributed by atoms with E-state index in [1.165, 1.54) is 6.07 Å². The van der Waals surface area contributed by atoms with Gasteiger partial charge in [-0.15, -0.1) is 0 Å². The zero-order valence-corrected chi connectivity index (χ0v) is 11.3. The zero-order valence-electron chi connectivity index (χ0n) is 9.11. The first kappa shape index (κ1) is 11.4. The third-order valence-corrected chi connectivity index (χ3v) is 3.71. The topological polar surface area (TPSA) is 54.4 Å². The third-order valence-electron chi connectivity index (χ3n) is 3.04. The van der Waals surface area contributed by atoms with Gasteiger partial charge in [0.1, 0.15) is 0 Å². The lowest BCUT2D eigenvalue weighted by Gasteiger charge is -2.02. The van der Waals surface area contributed by atoms with E-state index in [9.17, 15) is 9.59 Å². The largest absolute Gasteiger partial charge is 0.478 e. The van der Waals surface area contributed by atoms with Gasteiger partial charge in [-0.05, 0) is 51.9 Å². The number of fused-ring (bicyclic) bond motifs is 3. The van der Waals surface area contributed by atoms with Crippen molar-refractivity contribution in [3.63, 3.8) is 0 Å². The van der Waals surface area contributed by atoms with Gasteiger partial charge < -0.3 is 5.11 Å². The minimum Gasteiger partial charge on any atom is -0.478 e. The lowest BCUT2D eigenvalue weighted by molar-refractivity contribution is 0.0693. The number of benzene rings is 2. The highest BCUT2D eigenvalue weighted by molar-refractivity contribution is 14.1. The van der Waals surface area contributed by atoms with E-state index in [0.717, 1.165) is 9.13 Å². The summed E-state index contributed by atoms with van der Waals surface area (Å²) in [7, 11) is 0. The maximum Gasteiger partial charge on any atom is 0.336 e. The van der Waals surface area contributed by atoms with Crippen molar-refractivity contribution in [3.05, 3.63) is 56.7 Å². The molecule has 0 aliphatic heterocycles. The van der Waals surface area contributed by atoms with Crippen molar-refractivity contribution in [1.82, 2.24) is 0 Å². The molecule has 0 spiro atoms. The molecule has 0 saturated heterocycles. The van der Waals surface area contributed by atoms with Crippen LogP contribution in [-0.2, 0) is 0 Å². The van der Waals surface area contributed by atoms with Crippen LogP contribution in [0.1, 0.15) is 26.3 Å². The summed E-state index contributed by atoms with van der Waals surface area (Å²) < 4.78 is 0.962. The number of halogens is 1. The quantitative estimate of drug-likeness (QED) is 0.686. The molecule has 0 amide bonds. The van der Waals surface area contributed by atoms with Crippen LogP contribution in [0.3, 0.4) is 0 Å². The number of carboxylic acid groups (broad SMARTS) is 1. The average Bonchev–Trinajstić information content (AvgIpc) is 2.63. The van der Waals surface area contributed by atoms with Crippen molar-refractivity contribution >= 4 is 34.3 Å². The molecular formula is C14H7IO3. The molecule has 4 heteroatoms. The Balaban J connectivity index is 2.36. The van der Waals surface area contributed by atoms with E-state index in [4.69, 9.17) is 5.11 Å². The second kappa shape index (κ2) is 3.91. The molecule has 1 aliphatic carbocycles. The van der Waals surface area contributed by atoms with E-state index in [0.29, 0.717) is 16.7 Å². The highest BCUT2D eigenvalue weighted by Gasteiger charge is 2.30. The fraction of sp³-hybridized carbons (Fsp3) is 0. The number of carbonyl (C=O) groups excluding carboxylic acids is 1. The molecule has 0 bridgehead atoms. The lowest BCUT2D eigenvalue weighted by atomic mass is 10.0. The van der Waals surface area contributed by atoms with Gasteiger partial charge in [-0.2, -0.15) is 0 Å². The molecule has 3 nitrogen and oxygen atoms in total. The first-order chi connectivity index (χ1) is 8.59. The van der Waals surface area contributed by atoms with Crippen molar-refractivity contribution in [2.75, 3.05) is 0 Å². The fourth-order valence-electron chi connectivity index (χ4n) is 2.27. The summed E-state index contributed by atoms with van der Waals surface area (Å²) in [6, 6.07) is 10.5.